The SMILES string of the molecule is O=CNC(CSCCN1CCNC1=O)C(=O)O. The van der Waals surface area contributed by atoms with Gasteiger partial charge < -0.3 is 20.6 Å². The van der Waals surface area contributed by atoms with Gasteiger partial charge in [-0.15, -0.1) is 0 Å². The van der Waals surface area contributed by atoms with Gasteiger partial charge in [0.15, 0.2) is 0 Å². The maximum atomic E-state index is 11.2. The Labute approximate surface area is 103 Å². The van der Waals surface area contributed by atoms with Crippen LogP contribution in [0.5, 0.6) is 0 Å². The number of urea groups is 1. The second-order valence-corrected chi connectivity index (χ2v) is 4.62. The van der Waals surface area contributed by atoms with Crippen LogP contribution in [0.2, 0.25) is 0 Å². The highest BCUT2D eigenvalue weighted by molar-refractivity contribution is 7.99. The Morgan fingerprint density at radius 1 is 1.71 bits per heavy atom. The summed E-state index contributed by atoms with van der Waals surface area (Å²) in [5.41, 5.74) is 0. The molecule has 0 bridgehead atoms. The molecule has 3 N–H and O–H groups in total. The van der Waals surface area contributed by atoms with Crippen molar-refractivity contribution < 1.29 is 19.5 Å². The average molecular weight is 261 g/mol. The van der Waals surface area contributed by atoms with E-state index in [0.717, 1.165) is 0 Å². The van der Waals surface area contributed by atoms with Gasteiger partial charge in [-0.05, 0) is 0 Å². The van der Waals surface area contributed by atoms with Gasteiger partial charge in [-0.25, -0.2) is 9.59 Å². The van der Waals surface area contributed by atoms with E-state index >= 15 is 0 Å². The molecule has 1 unspecified atom stereocenters. The smallest absolute Gasteiger partial charge is 0.327 e. The number of amides is 3. The van der Waals surface area contributed by atoms with E-state index in [4.69, 9.17) is 5.11 Å². The molecular weight excluding hydrogens is 246 g/mol. The minimum Gasteiger partial charge on any atom is -0.480 e. The second-order valence-electron chi connectivity index (χ2n) is 3.47. The highest BCUT2D eigenvalue weighted by Gasteiger charge is 2.19. The van der Waals surface area contributed by atoms with Gasteiger partial charge >= 0.3 is 12.0 Å². The lowest BCUT2D eigenvalue weighted by atomic mass is 10.3. The fraction of sp³-hybridized carbons (Fsp3) is 0.667. The van der Waals surface area contributed by atoms with Gasteiger partial charge in [0.05, 0.1) is 0 Å². The lowest BCUT2D eigenvalue weighted by Crippen LogP contribution is -2.38. The van der Waals surface area contributed by atoms with Gasteiger partial charge in [-0.2, -0.15) is 11.8 Å². The van der Waals surface area contributed by atoms with Crippen molar-refractivity contribution in [3.05, 3.63) is 0 Å². The number of aliphatic carboxylic acids is 1. The van der Waals surface area contributed by atoms with E-state index < -0.39 is 12.0 Å². The van der Waals surface area contributed by atoms with Gasteiger partial charge in [0.25, 0.3) is 0 Å². The van der Waals surface area contributed by atoms with E-state index in [0.29, 0.717) is 37.6 Å². The first-order chi connectivity index (χ1) is 8.15. The molecule has 1 saturated heterocycles. The molecule has 17 heavy (non-hydrogen) atoms. The Hall–Kier alpha value is -1.44. The maximum Gasteiger partial charge on any atom is 0.327 e. The van der Waals surface area contributed by atoms with Crippen LogP contribution < -0.4 is 10.6 Å². The summed E-state index contributed by atoms with van der Waals surface area (Å²) in [4.78, 5) is 33.7. The summed E-state index contributed by atoms with van der Waals surface area (Å²) < 4.78 is 0. The quantitative estimate of drug-likeness (QED) is 0.382. The summed E-state index contributed by atoms with van der Waals surface area (Å²) in [6, 6.07) is -0.948. The first-order valence-electron chi connectivity index (χ1n) is 5.18. The number of carbonyl (C=O) groups is 3. The molecule has 1 fully saturated rings. The third-order valence-electron chi connectivity index (χ3n) is 2.30. The van der Waals surface area contributed by atoms with Crippen molar-refractivity contribution in [1.29, 1.82) is 0 Å². The van der Waals surface area contributed by atoms with Crippen molar-refractivity contribution in [2.75, 3.05) is 31.1 Å². The van der Waals surface area contributed by atoms with Crippen LogP contribution in [-0.2, 0) is 9.59 Å². The van der Waals surface area contributed by atoms with E-state index in [9.17, 15) is 14.4 Å². The number of carboxylic acids is 1. The van der Waals surface area contributed by atoms with Gasteiger partial charge in [0.2, 0.25) is 6.41 Å². The minimum atomic E-state index is -1.05. The van der Waals surface area contributed by atoms with Crippen LogP contribution in [0.3, 0.4) is 0 Å². The van der Waals surface area contributed by atoms with Crippen LogP contribution in [0.25, 0.3) is 0 Å². The molecule has 0 spiro atoms. The van der Waals surface area contributed by atoms with Crippen molar-refractivity contribution in [2.45, 2.75) is 6.04 Å². The Morgan fingerprint density at radius 2 is 2.47 bits per heavy atom. The normalized spacial score (nSPS) is 16.5. The molecule has 96 valence electrons. The zero-order valence-electron chi connectivity index (χ0n) is 9.22. The highest BCUT2D eigenvalue weighted by atomic mass is 32.2. The number of hydrogen-bond donors (Lipinski definition) is 3. The molecule has 0 aromatic heterocycles. The predicted molar refractivity (Wildman–Crippen MR) is 62.9 cm³/mol. The second kappa shape index (κ2) is 7.00. The lowest BCUT2D eigenvalue weighted by molar-refractivity contribution is -0.139. The molecule has 1 atom stereocenters. The average Bonchev–Trinajstić information content (AvgIpc) is 2.68. The third kappa shape index (κ3) is 4.51. The number of carbonyl (C=O) groups excluding carboxylic acids is 2. The number of carboxylic acid groups (broad SMARTS) is 1. The summed E-state index contributed by atoms with van der Waals surface area (Å²) in [6.45, 7) is 1.94. The summed E-state index contributed by atoms with van der Waals surface area (Å²) in [7, 11) is 0. The summed E-state index contributed by atoms with van der Waals surface area (Å²) in [5, 5.41) is 13.7. The van der Waals surface area contributed by atoms with Crippen LogP contribution in [0.15, 0.2) is 0 Å². The Morgan fingerprint density at radius 3 is 3.00 bits per heavy atom. The zero-order chi connectivity index (χ0) is 12.7. The van der Waals surface area contributed by atoms with Crippen LogP contribution in [0.4, 0.5) is 4.79 Å². The van der Waals surface area contributed by atoms with Crippen molar-refractivity contribution in [1.82, 2.24) is 15.5 Å². The first kappa shape index (κ1) is 13.6. The molecule has 8 heteroatoms. The number of thioether (sulfide) groups is 1. The zero-order valence-corrected chi connectivity index (χ0v) is 10.0. The molecule has 0 aliphatic carbocycles. The predicted octanol–water partition coefficient (Wildman–Crippen LogP) is -1.06. The van der Waals surface area contributed by atoms with Gasteiger partial charge in [-0.1, -0.05) is 0 Å². The van der Waals surface area contributed by atoms with E-state index in [1.54, 1.807) is 4.90 Å². The Kier molecular flexibility index (Phi) is 5.61. The minimum absolute atomic E-state index is 0.0774. The molecule has 0 saturated carbocycles. The maximum absolute atomic E-state index is 11.2. The van der Waals surface area contributed by atoms with Crippen LogP contribution in [0, 0.1) is 0 Å². The molecule has 1 aliphatic heterocycles. The van der Waals surface area contributed by atoms with Crippen molar-refractivity contribution in [2.24, 2.45) is 0 Å². The lowest BCUT2D eigenvalue weighted by Gasteiger charge is -2.14. The van der Waals surface area contributed by atoms with Crippen LogP contribution >= 0.6 is 11.8 Å². The fourth-order valence-electron chi connectivity index (χ4n) is 1.37. The van der Waals surface area contributed by atoms with Gasteiger partial charge in [0, 0.05) is 31.1 Å². The Balaban J connectivity index is 2.15. The van der Waals surface area contributed by atoms with Crippen LogP contribution in [0.1, 0.15) is 0 Å². The van der Waals surface area contributed by atoms with E-state index in [-0.39, 0.29) is 6.03 Å². The molecular formula is C9H15N3O4S. The van der Waals surface area contributed by atoms with Gasteiger partial charge in [0.1, 0.15) is 6.04 Å². The van der Waals surface area contributed by atoms with Gasteiger partial charge in [-0.3, -0.25) is 4.79 Å². The van der Waals surface area contributed by atoms with Crippen LogP contribution in [-0.4, -0.2) is 65.6 Å². The third-order valence-corrected chi connectivity index (χ3v) is 3.34. The number of rotatable bonds is 8. The number of nitrogens with one attached hydrogen (secondary N) is 2. The van der Waals surface area contributed by atoms with Crippen molar-refractivity contribution in [3.63, 3.8) is 0 Å². The molecule has 0 aromatic carbocycles. The molecule has 1 aliphatic rings. The van der Waals surface area contributed by atoms with E-state index in [2.05, 4.69) is 10.6 Å². The van der Waals surface area contributed by atoms with Crippen molar-refractivity contribution >= 4 is 30.2 Å². The number of hydrogen-bond acceptors (Lipinski definition) is 4. The summed E-state index contributed by atoms with van der Waals surface area (Å²) >= 11 is 1.39. The Bertz CT molecular complexity index is 300. The topological polar surface area (TPSA) is 98.7 Å². The molecule has 1 rings (SSSR count). The molecule has 1 heterocycles. The summed E-state index contributed by atoms with van der Waals surface area (Å²) in [6.07, 6.45) is 0.382. The number of nitrogens with zero attached hydrogens (tertiary/aromatic N) is 1. The highest BCUT2D eigenvalue weighted by Crippen LogP contribution is 2.05. The fourth-order valence-corrected chi connectivity index (χ4v) is 2.36. The molecule has 0 aromatic rings. The van der Waals surface area contributed by atoms with Crippen molar-refractivity contribution in [3.8, 4) is 0 Å². The monoisotopic (exact) mass is 261 g/mol. The largest absolute Gasteiger partial charge is 0.480 e. The first-order valence-corrected chi connectivity index (χ1v) is 6.33. The molecule has 3 amide bonds. The summed E-state index contributed by atoms with van der Waals surface area (Å²) in [5.74, 6) is -0.107. The van der Waals surface area contributed by atoms with E-state index in [1.165, 1.54) is 11.8 Å². The van der Waals surface area contributed by atoms with E-state index in [1.807, 2.05) is 0 Å². The molecule has 7 nitrogen and oxygen atoms in total. The molecule has 0 radical (unpaired) electrons. The standard InChI is InChI=1S/C9H15N3O4S/c13-6-11-7(8(14)15)5-17-4-3-12-2-1-10-9(12)16/h6-7H,1-5H2,(H,10,16)(H,11,13)(H,14,15).